The van der Waals surface area contributed by atoms with E-state index in [0.29, 0.717) is 19.8 Å². The number of aromatic nitrogens is 2. The van der Waals surface area contributed by atoms with Gasteiger partial charge in [-0.25, -0.2) is 4.98 Å². The van der Waals surface area contributed by atoms with Crippen molar-refractivity contribution in [1.82, 2.24) is 24.9 Å². The van der Waals surface area contributed by atoms with Crippen molar-refractivity contribution in [2.45, 2.75) is 57.7 Å². The van der Waals surface area contributed by atoms with Gasteiger partial charge in [0.15, 0.2) is 0 Å². The molecule has 3 atom stereocenters. The van der Waals surface area contributed by atoms with Crippen LogP contribution in [0, 0.1) is 12.8 Å². The van der Waals surface area contributed by atoms with E-state index in [1.165, 1.54) is 0 Å². The van der Waals surface area contributed by atoms with Crippen molar-refractivity contribution in [3.05, 3.63) is 60.0 Å². The lowest BCUT2D eigenvalue weighted by molar-refractivity contribution is -0.140. The van der Waals surface area contributed by atoms with Gasteiger partial charge >= 0.3 is 0 Å². The van der Waals surface area contributed by atoms with E-state index < -0.39 is 6.04 Å². The molecule has 8 heteroatoms. The smallest absolute Gasteiger partial charge is 0.246 e. The van der Waals surface area contributed by atoms with Crippen molar-refractivity contribution < 1.29 is 14.3 Å². The molecule has 2 aromatic heterocycles. The topological polar surface area (TPSA) is 88.0 Å². The summed E-state index contributed by atoms with van der Waals surface area (Å²) in [5.74, 6) is -0.106. The summed E-state index contributed by atoms with van der Waals surface area (Å²) in [7, 11) is 1.75. The van der Waals surface area contributed by atoms with Crippen molar-refractivity contribution >= 4 is 17.5 Å². The van der Waals surface area contributed by atoms with Gasteiger partial charge in [0.25, 0.3) is 0 Å². The third-order valence-electron chi connectivity index (χ3n) is 7.93. The maximum absolute atomic E-state index is 14.1. The van der Waals surface area contributed by atoms with Crippen molar-refractivity contribution in [3.8, 4) is 11.1 Å². The number of hydrogen-bond donors (Lipinski definition) is 2. The van der Waals surface area contributed by atoms with Gasteiger partial charge in [-0.3, -0.25) is 9.59 Å². The Bertz CT molecular complexity index is 1250. The molecule has 3 aromatic rings. The zero-order valence-corrected chi connectivity index (χ0v) is 21.9. The number of carbonyl (C=O) groups excluding carboxylic acids is 2. The van der Waals surface area contributed by atoms with Gasteiger partial charge in [-0.1, -0.05) is 30.3 Å². The van der Waals surface area contributed by atoms with Crippen molar-refractivity contribution in [2.75, 3.05) is 26.8 Å². The standard InChI is InChI=1S/C29H37N5O3/c1-19-11-12-23(21-8-5-4-6-9-21)27-31-24(18-34(19)27)25-10-7-15-33(25)29(36)26(22-13-16-37-17-14-22)32-28(35)20(2)30-3/h4-6,8-9,11-12,18,20,22,25-26,30H,7,10,13-17H2,1-3H3,(H,32,35)/t20-,25-,26-/m0/s1. The van der Waals surface area contributed by atoms with E-state index in [0.717, 1.165) is 53.8 Å². The Labute approximate surface area is 218 Å². The Morgan fingerprint density at radius 2 is 1.84 bits per heavy atom. The third-order valence-corrected chi connectivity index (χ3v) is 7.93. The summed E-state index contributed by atoms with van der Waals surface area (Å²) in [6, 6.07) is 13.4. The number of hydrogen-bond acceptors (Lipinski definition) is 5. The van der Waals surface area contributed by atoms with Gasteiger partial charge in [0.2, 0.25) is 11.8 Å². The minimum absolute atomic E-state index is 0.0110. The second-order valence-electron chi connectivity index (χ2n) is 10.2. The van der Waals surface area contributed by atoms with E-state index in [4.69, 9.17) is 9.72 Å². The number of ether oxygens (including phenoxy) is 1. The summed E-state index contributed by atoms with van der Waals surface area (Å²) < 4.78 is 7.68. The van der Waals surface area contributed by atoms with E-state index in [1.807, 2.05) is 30.0 Å². The van der Waals surface area contributed by atoms with Gasteiger partial charge in [0.05, 0.1) is 17.8 Å². The second kappa shape index (κ2) is 11.0. The van der Waals surface area contributed by atoms with E-state index in [9.17, 15) is 9.59 Å². The molecule has 0 aliphatic carbocycles. The Kier molecular flexibility index (Phi) is 7.58. The molecular formula is C29H37N5O3. The van der Waals surface area contributed by atoms with Crippen LogP contribution in [0.3, 0.4) is 0 Å². The SMILES string of the molecule is CN[C@@H](C)C(=O)N[C@H](C(=O)N1CCC[C@H]1c1cn2c(C)ccc(-c3ccccc3)c2n1)C1CCOCC1. The van der Waals surface area contributed by atoms with Crippen molar-refractivity contribution in [1.29, 1.82) is 0 Å². The number of nitrogens with zero attached hydrogens (tertiary/aromatic N) is 3. The summed E-state index contributed by atoms with van der Waals surface area (Å²) in [5, 5.41) is 6.06. The molecule has 0 bridgehead atoms. The second-order valence-corrected chi connectivity index (χ2v) is 10.2. The van der Waals surface area contributed by atoms with Gasteiger partial charge in [-0.05, 0) is 70.2 Å². The fourth-order valence-electron chi connectivity index (χ4n) is 5.58. The predicted octanol–water partition coefficient (Wildman–Crippen LogP) is 3.49. The van der Waals surface area contributed by atoms with Gasteiger partial charge in [-0.15, -0.1) is 0 Å². The highest BCUT2D eigenvalue weighted by Crippen LogP contribution is 2.35. The van der Waals surface area contributed by atoms with Gasteiger partial charge in [0, 0.05) is 37.2 Å². The molecule has 196 valence electrons. The molecule has 2 N–H and O–H groups in total. The van der Waals surface area contributed by atoms with E-state index in [-0.39, 0.29) is 29.8 Å². The largest absolute Gasteiger partial charge is 0.381 e. The Balaban J connectivity index is 1.46. The molecule has 2 aliphatic rings. The van der Waals surface area contributed by atoms with Crippen molar-refractivity contribution in [3.63, 3.8) is 0 Å². The third kappa shape index (κ3) is 5.13. The number of pyridine rings is 1. The summed E-state index contributed by atoms with van der Waals surface area (Å²) in [5.41, 5.74) is 5.08. The summed E-state index contributed by atoms with van der Waals surface area (Å²) in [6.07, 6.45) is 5.37. The highest BCUT2D eigenvalue weighted by Gasteiger charge is 2.40. The number of fused-ring (bicyclic) bond motifs is 1. The average Bonchev–Trinajstić information content (AvgIpc) is 3.60. The fraction of sp³-hybridized carbons (Fsp3) is 0.483. The summed E-state index contributed by atoms with van der Waals surface area (Å²) in [6.45, 7) is 5.78. The molecule has 2 aliphatic heterocycles. The van der Waals surface area contributed by atoms with Gasteiger partial charge in [-0.2, -0.15) is 0 Å². The van der Waals surface area contributed by atoms with Crippen LogP contribution in [0.2, 0.25) is 0 Å². The van der Waals surface area contributed by atoms with Crippen LogP contribution in [0.1, 0.15) is 50.0 Å². The molecule has 1 aromatic carbocycles. The van der Waals surface area contributed by atoms with Crippen LogP contribution in [-0.2, 0) is 14.3 Å². The van der Waals surface area contributed by atoms with Crippen LogP contribution in [0.15, 0.2) is 48.7 Å². The Morgan fingerprint density at radius 3 is 2.57 bits per heavy atom. The molecular weight excluding hydrogens is 466 g/mol. The highest BCUT2D eigenvalue weighted by molar-refractivity contribution is 5.90. The lowest BCUT2D eigenvalue weighted by atomic mass is 9.90. The first-order valence-corrected chi connectivity index (χ1v) is 13.4. The lowest BCUT2D eigenvalue weighted by Crippen LogP contribution is -2.56. The first-order valence-electron chi connectivity index (χ1n) is 13.4. The average molecular weight is 504 g/mol. The minimum atomic E-state index is -0.563. The molecule has 2 saturated heterocycles. The van der Waals surface area contributed by atoms with E-state index >= 15 is 0 Å². The zero-order chi connectivity index (χ0) is 25.9. The number of imidazole rings is 1. The van der Waals surface area contributed by atoms with Crippen LogP contribution >= 0.6 is 0 Å². The number of rotatable bonds is 7. The molecule has 0 saturated carbocycles. The number of benzene rings is 1. The van der Waals surface area contributed by atoms with Crippen LogP contribution in [-0.4, -0.2) is 65.0 Å². The number of likely N-dealkylation sites (N-methyl/N-ethyl adjacent to an activating group) is 1. The predicted molar refractivity (Wildman–Crippen MR) is 143 cm³/mol. The zero-order valence-electron chi connectivity index (χ0n) is 21.9. The van der Waals surface area contributed by atoms with Crippen molar-refractivity contribution in [2.24, 2.45) is 5.92 Å². The first kappa shape index (κ1) is 25.4. The van der Waals surface area contributed by atoms with Gasteiger partial charge < -0.3 is 24.7 Å². The Hall–Kier alpha value is -3.23. The number of nitrogens with one attached hydrogen (secondary N) is 2. The van der Waals surface area contributed by atoms with Crippen LogP contribution < -0.4 is 10.6 Å². The number of amides is 2. The molecule has 2 fully saturated rings. The summed E-state index contributed by atoms with van der Waals surface area (Å²) >= 11 is 0. The maximum Gasteiger partial charge on any atom is 0.246 e. The summed E-state index contributed by atoms with van der Waals surface area (Å²) in [4.78, 5) is 33.9. The van der Waals surface area contributed by atoms with Crippen LogP contribution in [0.25, 0.3) is 16.8 Å². The normalized spacial score (nSPS) is 20.2. The van der Waals surface area contributed by atoms with Crippen LogP contribution in [0.5, 0.6) is 0 Å². The molecule has 5 rings (SSSR count). The van der Waals surface area contributed by atoms with Gasteiger partial charge in [0.1, 0.15) is 11.7 Å². The lowest BCUT2D eigenvalue weighted by Gasteiger charge is -2.35. The molecule has 0 unspecified atom stereocenters. The minimum Gasteiger partial charge on any atom is -0.381 e. The van der Waals surface area contributed by atoms with Crippen LogP contribution in [0.4, 0.5) is 0 Å². The molecule has 8 nitrogen and oxygen atoms in total. The quantitative estimate of drug-likeness (QED) is 0.515. The molecule has 0 spiro atoms. The number of aryl methyl sites for hydroxylation is 1. The van der Waals surface area contributed by atoms with E-state index in [2.05, 4.69) is 52.4 Å². The molecule has 0 radical (unpaired) electrons. The highest BCUT2D eigenvalue weighted by atomic mass is 16.5. The maximum atomic E-state index is 14.1. The number of carbonyl (C=O) groups is 2. The molecule has 2 amide bonds. The monoisotopic (exact) mass is 503 g/mol. The fourth-order valence-corrected chi connectivity index (χ4v) is 5.58. The molecule has 4 heterocycles. The number of likely N-dealkylation sites (tertiary alicyclic amines) is 1. The van der Waals surface area contributed by atoms with E-state index in [1.54, 1.807) is 7.05 Å². The molecule has 37 heavy (non-hydrogen) atoms. The first-order chi connectivity index (χ1) is 18.0. The Morgan fingerprint density at radius 1 is 1.08 bits per heavy atom.